The highest BCUT2D eigenvalue weighted by molar-refractivity contribution is 7.14. The summed E-state index contributed by atoms with van der Waals surface area (Å²) in [6, 6.07) is 10.2. The molecule has 2 aliphatic rings. The second kappa shape index (κ2) is 7.36. The standard InChI is InChI=1S/C21H18FN3O3S/c22-15-9-14(3-5-17(15)25-7-1-2-8-25)20(26)24-21-23-16(11-29-21)13-4-6-18-19(10-13)28-12-27-18/h3-6,9-11H,1-2,7-8,12H2,(H,23,24,26). The molecule has 0 unspecified atom stereocenters. The average molecular weight is 411 g/mol. The zero-order valence-corrected chi connectivity index (χ0v) is 16.3. The topological polar surface area (TPSA) is 63.7 Å². The average Bonchev–Trinajstić information content (AvgIpc) is 3.48. The molecule has 2 aromatic carbocycles. The van der Waals surface area contributed by atoms with Crippen LogP contribution in [0.25, 0.3) is 11.3 Å². The first-order chi connectivity index (χ1) is 14.2. The maximum absolute atomic E-state index is 14.5. The number of amides is 1. The van der Waals surface area contributed by atoms with E-state index in [2.05, 4.69) is 10.3 Å². The van der Waals surface area contributed by atoms with E-state index >= 15 is 0 Å². The summed E-state index contributed by atoms with van der Waals surface area (Å²) in [6.45, 7) is 1.92. The van der Waals surface area contributed by atoms with E-state index in [9.17, 15) is 9.18 Å². The molecule has 1 aromatic heterocycles. The largest absolute Gasteiger partial charge is 0.454 e. The van der Waals surface area contributed by atoms with Gasteiger partial charge in [0.2, 0.25) is 6.79 Å². The predicted molar refractivity (Wildman–Crippen MR) is 109 cm³/mol. The van der Waals surface area contributed by atoms with Gasteiger partial charge in [0.1, 0.15) is 5.82 Å². The molecular formula is C21H18FN3O3S. The van der Waals surface area contributed by atoms with E-state index in [1.807, 2.05) is 28.5 Å². The van der Waals surface area contributed by atoms with Crippen molar-refractivity contribution < 1.29 is 18.7 Å². The van der Waals surface area contributed by atoms with Gasteiger partial charge in [-0.15, -0.1) is 11.3 Å². The number of hydrogen-bond donors (Lipinski definition) is 1. The Morgan fingerprint density at radius 2 is 1.93 bits per heavy atom. The van der Waals surface area contributed by atoms with E-state index in [1.54, 1.807) is 12.1 Å². The lowest BCUT2D eigenvalue weighted by atomic mass is 10.1. The minimum atomic E-state index is -0.386. The second-order valence-corrected chi connectivity index (χ2v) is 7.78. The van der Waals surface area contributed by atoms with Crippen LogP contribution in [-0.2, 0) is 0 Å². The van der Waals surface area contributed by atoms with Gasteiger partial charge in [0.15, 0.2) is 16.6 Å². The van der Waals surface area contributed by atoms with Crippen LogP contribution in [0.2, 0.25) is 0 Å². The molecule has 1 amide bonds. The van der Waals surface area contributed by atoms with E-state index in [-0.39, 0.29) is 24.1 Å². The van der Waals surface area contributed by atoms with E-state index in [1.165, 1.54) is 17.4 Å². The first kappa shape index (κ1) is 17.9. The van der Waals surface area contributed by atoms with Crippen LogP contribution >= 0.6 is 11.3 Å². The van der Waals surface area contributed by atoms with Crippen LogP contribution in [0.4, 0.5) is 15.2 Å². The number of benzene rings is 2. The zero-order valence-electron chi connectivity index (χ0n) is 15.5. The number of nitrogens with one attached hydrogen (secondary N) is 1. The van der Waals surface area contributed by atoms with Gasteiger partial charge in [-0.1, -0.05) is 0 Å². The van der Waals surface area contributed by atoms with Crippen LogP contribution in [0, 0.1) is 5.82 Å². The van der Waals surface area contributed by atoms with Gasteiger partial charge in [0.25, 0.3) is 5.91 Å². The molecule has 0 bridgehead atoms. The Labute approximate surface area is 170 Å². The van der Waals surface area contributed by atoms with Crippen molar-refractivity contribution in [2.45, 2.75) is 12.8 Å². The SMILES string of the molecule is O=C(Nc1nc(-c2ccc3c(c2)OCO3)cs1)c1ccc(N2CCCC2)c(F)c1. The minimum Gasteiger partial charge on any atom is -0.454 e. The molecule has 2 aliphatic heterocycles. The maximum Gasteiger partial charge on any atom is 0.257 e. The fourth-order valence-corrected chi connectivity index (χ4v) is 4.27. The van der Waals surface area contributed by atoms with Gasteiger partial charge in [-0.05, 0) is 49.2 Å². The number of rotatable bonds is 4. The van der Waals surface area contributed by atoms with Gasteiger partial charge in [-0.2, -0.15) is 0 Å². The van der Waals surface area contributed by atoms with Crippen molar-refractivity contribution >= 4 is 28.1 Å². The number of carbonyl (C=O) groups is 1. The molecule has 1 fully saturated rings. The molecule has 5 rings (SSSR count). The fourth-order valence-electron chi connectivity index (χ4n) is 3.55. The van der Waals surface area contributed by atoms with E-state index < -0.39 is 0 Å². The van der Waals surface area contributed by atoms with Crippen molar-refractivity contribution in [3.63, 3.8) is 0 Å². The summed E-state index contributed by atoms with van der Waals surface area (Å²) in [4.78, 5) is 19.0. The van der Waals surface area contributed by atoms with Crippen molar-refractivity contribution in [3.05, 3.63) is 53.2 Å². The van der Waals surface area contributed by atoms with Gasteiger partial charge in [-0.25, -0.2) is 9.37 Å². The predicted octanol–water partition coefficient (Wildman–Crippen LogP) is 4.53. The summed E-state index contributed by atoms with van der Waals surface area (Å²) >= 11 is 1.31. The van der Waals surface area contributed by atoms with Gasteiger partial charge in [0.05, 0.1) is 11.4 Å². The number of fused-ring (bicyclic) bond motifs is 1. The lowest BCUT2D eigenvalue weighted by molar-refractivity contribution is 0.102. The summed E-state index contributed by atoms with van der Waals surface area (Å²) in [5, 5.41) is 5.05. The third-order valence-electron chi connectivity index (χ3n) is 5.05. The molecule has 0 saturated carbocycles. The second-order valence-electron chi connectivity index (χ2n) is 6.92. The van der Waals surface area contributed by atoms with E-state index in [0.717, 1.165) is 37.2 Å². The lowest BCUT2D eigenvalue weighted by Gasteiger charge is -2.18. The molecule has 148 valence electrons. The number of ether oxygens (including phenoxy) is 2. The van der Waals surface area contributed by atoms with Crippen LogP contribution in [0.15, 0.2) is 41.8 Å². The van der Waals surface area contributed by atoms with Crippen LogP contribution < -0.4 is 19.7 Å². The Kier molecular flexibility index (Phi) is 4.55. The molecule has 1 saturated heterocycles. The molecule has 0 radical (unpaired) electrons. The quantitative estimate of drug-likeness (QED) is 0.683. The van der Waals surface area contributed by atoms with Crippen molar-refractivity contribution in [1.82, 2.24) is 4.98 Å². The lowest BCUT2D eigenvalue weighted by Crippen LogP contribution is -2.19. The number of thiazole rings is 1. The highest BCUT2D eigenvalue weighted by atomic mass is 32.1. The monoisotopic (exact) mass is 411 g/mol. The molecule has 0 aliphatic carbocycles. The third kappa shape index (κ3) is 3.51. The number of nitrogens with zero attached hydrogens (tertiary/aromatic N) is 2. The van der Waals surface area contributed by atoms with Crippen LogP contribution in [-0.4, -0.2) is 30.8 Å². The van der Waals surface area contributed by atoms with Crippen molar-refractivity contribution in [2.75, 3.05) is 30.1 Å². The number of aromatic nitrogens is 1. The maximum atomic E-state index is 14.5. The van der Waals surface area contributed by atoms with E-state index in [4.69, 9.17) is 9.47 Å². The highest BCUT2D eigenvalue weighted by Gasteiger charge is 2.19. The van der Waals surface area contributed by atoms with Crippen LogP contribution in [0.1, 0.15) is 23.2 Å². The van der Waals surface area contributed by atoms with Crippen LogP contribution in [0.5, 0.6) is 11.5 Å². The first-order valence-electron chi connectivity index (χ1n) is 9.39. The highest BCUT2D eigenvalue weighted by Crippen LogP contribution is 2.36. The van der Waals surface area contributed by atoms with E-state index in [0.29, 0.717) is 22.3 Å². The number of halogens is 1. The van der Waals surface area contributed by atoms with Crippen molar-refractivity contribution in [1.29, 1.82) is 0 Å². The molecule has 29 heavy (non-hydrogen) atoms. The molecule has 3 heterocycles. The summed E-state index contributed by atoms with van der Waals surface area (Å²) < 4.78 is 25.2. The first-order valence-corrected chi connectivity index (χ1v) is 10.3. The van der Waals surface area contributed by atoms with Gasteiger partial charge in [-0.3, -0.25) is 10.1 Å². The minimum absolute atomic E-state index is 0.213. The third-order valence-corrected chi connectivity index (χ3v) is 5.81. The van der Waals surface area contributed by atoms with Crippen molar-refractivity contribution in [3.8, 4) is 22.8 Å². The zero-order chi connectivity index (χ0) is 19.8. The Bertz CT molecular complexity index is 1080. The molecule has 3 aromatic rings. The Morgan fingerprint density at radius 1 is 1.10 bits per heavy atom. The van der Waals surface area contributed by atoms with Gasteiger partial charge >= 0.3 is 0 Å². The fraction of sp³-hybridized carbons (Fsp3) is 0.238. The number of hydrogen-bond acceptors (Lipinski definition) is 6. The molecule has 0 spiro atoms. The summed E-state index contributed by atoms with van der Waals surface area (Å²) in [5.74, 6) is 0.620. The smallest absolute Gasteiger partial charge is 0.257 e. The molecule has 8 heteroatoms. The Balaban J connectivity index is 1.31. The Hall–Kier alpha value is -3.13. The Morgan fingerprint density at radius 3 is 2.76 bits per heavy atom. The summed E-state index contributed by atoms with van der Waals surface area (Å²) in [7, 11) is 0. The number of anilines is 2. The molecule has 6 nitrogen and oxygen atoms in total. The van der Waals surface area contributed by atoms with Gasteiger partial charge < -0.3 is 14.4 Å². The van der Waals surface area contributed by atoms with Crippen molar-refractivity contribution in [2.24, 2.45) is 0 Å². The summed E-state index contributed by atoms with van der Waals surface area (Å²) in [6.07, 6.45) is 2.13. The molecule has 0 atom stereocenters. The summed E-state index contributed by atoms with van der Waals surface area (Å²) in [5.41, 5.74) is 2.41. The molecule has 1 N–H and O–H groups in total. The molecular weight excluding hydrogens is 393 g/mol. The van der Waals surface area contributed by atoms with Crippen LogP contribution in [0.3, 0.4) is 0 Å². The normalized spacial score (nSPS) is 15.0. The number of carbonyl (C=O) groups excluding carboxylic acids is 1. The van der Waals surface area contributed by atoms with Gasteiger partial charge in [0, 0.05) is 29.6 Å².